The van der Waals surface area contributed by atoms with Gasteiger partial charge in [-0.3, -0.25) is 4.68 Å². The predicted molar refractivity (Wildman–Crippen MR) is 85.8 cm³/mol. The molecule has 0 aliphatic heterocycles. The van der Waals surface area contributed by atoms with Crippen molar-refractivity contribution in [2.45, 2.75) is 27.3 Å². The molecule has 0 bridgehead atoms. The van der Waals surface area contributed by atoms with Gasteiger partial charge in [0.15, 0.2) is 11.6 Å². The number of fused-ring (bicyclic) bond motifs is 1. The summed E-state index contributed by atoms with van der Waals surface area (Å²) in [4.78, 5) is 11.3. The summed E-state index contributed by atoms with van der Waals surface area (Å²) in [5.41, 5.74) is 4.72. The van der Waals surface area contributed by atoms with E-state index in [-0.39, 0.29) is 0 Å². The standard InChI is InChI=1S/C13H15ClN6S/c1-6-8(3)21-13-11(6)12(19-15)17-10(18-13)5-20-7(2)9(14)4-16-20/h4H,5,15H2,1-3H3,(H,17,18,19). The molecule has 3 rings (SSSR count). The molecule has 3 N–H and O–H groups in total. The van der Waals surface area contributed by atoms with Gasteiger partial charge in [0.25, 0.3) is 0 Å². The van der Waals surface area contributed by atoms with Crippen LogP contribution in [0.2, 0.25) is 5.02 Å². The van der Waals surface area contributed by atoms with Crippen LogP contribution < -0.4 is 11.3 Å². The lowest BCUT2D eigenvalue weighted by atomic mass is 10.2. The van der Waals surface area contributed by atoms with E-state index in [0.717, 1.165) is 21.5 Å². The maximum atomic E-state index is 6.02. The third-order valence-electron chi connectivity index (χ3n) is 3.55. The largest absolute Gasteiger partial charge is 0.308 e. The van der Waals surface area contributed by atoms with E-state index in [9.17, 15) is 0 Å². The second-order valence-corrected chi connectivity index (χ2v) is 6.44. The highest BCUT2D eigenvalue weighted by Crippen LogP contribution is 2.33. The molecule has 3 heterocycles. The van der Waals surface area contributed by atoms with Gasteiger partial charge in [0.1, 0.15) is 11.4 Å². The SMILES string of the molecule is Cc1sc2nc(Cn3ncc(Cl)c3C)nc(NN)c2c1C. The zero-order valence-electron chi connectivity index (χ0n) is 11.9. The molecular weight excluding hydrogens is 308 g/mol. The van der Waals surface area contributed by atoms with Crippen LogP contribution in [0.4, 0.5) is 5.82 Å². The zero-order chi connectivity index (χ0) is 15.1. The van der Waals surface area contributed by atoms with Gasteiger partial charge in [-0.1, -0.05) is 11.6 Å². The molecule has 0 aliphatic carbocycles. The third-order valence-corrected chi connectivity index (χ3v) is 5.02. The number of aryl methyl sites for hydroxylation is 2. The predicted octanol–water partition coefficient (Wildman–Crippen LogP) is 2.80. The number of aromatic nitrogens is 4. The van der Waals surface area contributed by atoms with Crippen molar-refractivity contribution in [1.29, 1.82) is 0 Å². The van der Waals surface area contributed by atoms with Crippen molar-refractivity contribution in [2.24, 2.45) is 5.84 Å². The fourth-order valence-corrected chi connectivity index (χ4v) is 3.38. The Bertz CT molecular complexity index is 822. The monoisotopic (exact) mass is 322 g/mol. The van der Waals surface area contributed by atoms with E-state index in [1.807, 2.05) is 6.92 Å². The summed E-state index contributed by atoms with van der Waals surface area (Å²) in [6.07, 6.45) is 1.62. The molecule has 0 spiro atoms. The van der Waals surface area contributed by atoms with E-state index < -0.39 is 0 Å². The van der Waals surface area contributed by atoms with Gasteiger partial charge in [0.05, 0.1) is 22.3 Å². The topological polar surface area (TPSA) is 81.7 Å². The molecule has 0 amide bonds. The number of nitrogen functional groups attached to an aromatic ring is 1. The number of hydrazine groups is 1. The summed E-state index contributed by atoms with van der Waals surface area (Å²) in [6.45, 7) is 6.49. The molecular formula is C13H15ClN6S. The average Bonchev–Trinajstić information content (AvgIpc) is 2.92. The van der Waals surface area contributed by atoms with E-state index in [0.29, 0.717) is 23.2 Å². The molecule has 8 heteroatoms. The smallest absolute Gasteiger partial charge is 0.153 e. The molecule has 21 heavy (non-hydrogen) atoms. The summed E-state index contributed by atoms with van der Waals surface area (Å²) in [5, 5.41) is 5.85. The van der Waals surface area contributed by atoms with Crippen LogP contribution in [0.15, 0.2) is 6.20 Å². The fourth-order valence-electron chi connectivity index (χ4n) is 2.19. The Morgan fingerprint density at radius 2 is 2.10 bits per heavy atom. The van der Waals surface area contributed by atoms with Crippen molar-refractivity contribution < 1.29 is 0 Å². The summed E-state index contributed by atoms with van der Waals surface area (Å²) in [5.74, 6) is 6.91. The zero-order valence-corrected chi connectivity index (χ0v) is 13.5. The van der Waals surface area contributed by atoms with Crippen LogP contribution in [0.3, 0.4) is 0 Å². The minimum Gasteiger partial charge on any atom is -0.308 e. The Morgan fingerprint density at radius 1 is 1.33 bits per heavy atom. The van der Waals surface area contributed by atoms with E-state index >= 15 is 0 Å². The number of hydrogen-bond donors (Lipinski definition) is 2. The number of anilines is 1. The molecule has 0 fully saturated rings. The molecule has 0 atom stereocenters. The molecule has 0 radical (unpaired) electrons. The number of halogens is 1. The van der Waals surface area contributed by atoms with E-state index in [4.69, 9.17) is 17.4 Å². The van der Waals surface area contributed by atoms with Gasteiger partial charge < -0.3 is 5.43 Å². The van der Waals surface area contributed by atoms with Crippen molar-refractivity contribution >= 4 is 39.0 Å². The summed E-state index contributed by atoms with van der Waals surface area (Å²) in [6, 6.07) is 0. The van der Waals surface area contributed by atoms with Gasteiger partial charge >= 0.3 is 0 Å². The number of nitrogens with one attached hydrogen (secondary N) is 1. The normalized spacial score (nSPS) is 11.3. The lowest BCUT2D eigenvalue weighted by Gasteiger charge is -2.07. The van der Waals surface area contributed by atoms with Gasteiger partial charge in [0, 0.05) is 4.88 Å². The number of thiophene rings is 1. The molecule has 3 aromatic rings. The maximum Gasteiger partial charge on any atom is 0.153 e. The highest BCUT2D eigenvalue weighted by atomic mass is 35.5. The number of nitrogens with two attached hydrogens (primary N) is 1. The minimum absolute atomic E-state index is 0.458. The van der Waals surface area contributed by atoms with Crippen LogP contribution in [-0.2, 0) is 6.54 Å². The summed E-state index contributed by atoms with van der Waals surface area (Å²) in [7, 11) is 0. The Labute approximate surface area is 130 Å². The van der Waals surface area contributed by atoms with Crippen LogP contribution in [0.1, 0.15) is 22.0 Å². The second-order valence-electron chi connectivity index (χ2n) is 4.83. The van der Waals surface area contributed by atoms with E-state index in [2.05, 4.69) is 34.3 Å². The first-order chi connectivity index (χ1) is 10.0. The van der Waals surface area contributed by atoms with E-state index in [1.165, 1.54) is 4.88 Å². The molecule has 0 unspecified atom stereocenters. The molecule has 0 aromatic carbocycles. The molecule has 0 aliphatic rings. The van der Waals surface area contributed by atoms with E-state index in [1.54, 1.807) is 22.2 Å². The highest BCUT2D eigenvalue weighted by Gasteiger charge is 2.15. The van der Waals surface area contributed by atoms with Crippen molar-refractivity contribution in [3.63, 3.8) is 0 Å². The van der Waals surface area contributed by atoms with Crippen molar-refractivity contribution in [3.05, 3.63) is 33.2 Å². The Hall–Kier alpha value is -1.70. The van der Waals surface area contributed by atoms with Gasteiger partial charge in [-0.2, -0.15) is 5.10 Å². The molecule has 3 aromatic heterocycles. The summed E-state index contributed by atoms with van der Waals surface area (Å²) < 4.78 is 1.77. The second kappa shape index (κ2) is 5.25. The van der Waals surface area contributed by atoms with Crippen molar-refractivity contribution in [2.75, 3.05) is 5.43 Å². The Balaban J connectivity index is 2.09. The van der Waals surface area contributed by atoms with Crippen LogP contribution in [0.5, 0.6) is 0 Å². The van der Waals surface area contributed by atoms with Crippen molar-refractivity contribution in [3.8, 4) is 0 Å². The van der Waals surface area contributed by atoms with Crippen LogP contribution in [-0.4, -0.2) is 19.7 Å². The fraction of sp³-hybridized carbons (Fsp3) is 0.308. The Morgan fingerprint density at radius 3 is 2.71 bits per heavy atom. The third kappa shape index (κ3) is 2.37. The van der Waals surface area contributed by atoms with Gasteiger partial charge in [-0.25, -0.2) is 15.8 Å². The number of nitrogens with zero attached hydrogens (tertiary/aromatic N) is 4. The lowest BCUT2D eigenvalue weighted by Crippen LogP contribution is -2.13. The maximum absolute atomic E-state index is 6.02. The van der Waals surface area contributed by atoms with Gasteiger partial charge in [-0.15, -0.1) is 11.3 Å². The first-order valence-electron chi connectivity index (χ1n) is 6.42. The molecule has 0 saturated heterocycles. The van der Waals surface area contributed by atoms with Crippen LogP contribution in [0, 0.1) is 20.8 Å². The molecule has 0 saturated carbocycles. The number of rotatable bonds is 3. The molecule has 6 nitrogen and oxygen atoms in total. The quantitative estimate of drug-likeness (QED) is 0.572. The average molecular weight is 323 g/mol. The minimum atomic E-state index is 0.458. The first-order valence-corrected chi connectivity index (χ1v) is 7.62. The van der Waals surface area contributed by atoms with Crippen LogP contribution >= 0.6 is 22.9 Å². The molecule has 110 valence electrons. The number of hydrogen-bond acceptors (Lipinski definition) is 6. The van der Waals surface area contributed by atoms with Gasteiger partial charge in [-0.05, 0) is 26.3 Å². The van der Waals surface area contributed by atoms with Crippen LogP contribution in [0.25, 0.3) is 10.2 Å². The first kappa shape index (κ1) is 14.2. The highest BCUT2D eigenvalue weighted by molar-refractivity contribution is 7.18. The van der Waals surface area contributed by atoms with Crippen molar-refractivity contribution in [1.82, 2.24) is 19.7 Å². The lowest BCUT2D eigenvalue weighted by molar-refractivity contribution is 0.640. The van der Waals surface area contributed by atoms with Gasteiger partial charge in [0.2, 0.25) is 0 Å². The Kier molecular flexibility index (Phi) is 3.56. The summed E-state index contributed by atoms with van der Waals surface area (Å²) >= 11 is 7.66.